The molecule has 2 aliphatic rings. The van der Waals surface area contributed by atoms with Crippen LogP contribution >= 0.6 is 0 Å². The maximum absolute atomic E-state index is 13.4. The van der Waals surface area contributed by atoms with E-state index in [1.54, 1.807) is 0 Å². The van der Waals surface area contributed by atoms with Crippen molar-refractivity contribution in [3.05, 3.63) is 65.7 Å². The number of hydrogen-bond acceptors (Lipinski definition) is 5. The third-order valence-corrected chi connectivity index (χ3v) is 6.42. The predicted molar refractivity (Wildman–Crippen MR) is 127 cm³/mol. The molecule has 0 saturated carbocycles. The maximum Gasteiger partial charge on any atom is 0.490 e. The lowest BCUT2D eigenvalue weighted by Gasteiger charge is -2.43. The number of alkyl halides is 3. The SMILES string of the molecule is C[C@@H](CN1CCC2(CC1)C(=O)NCN2c1ccccc1)NC(=O)c1ccc(F)c(F)c1.O=C(O)C(F)(F)F. The fraction of sp³-hybridized carbons (Fsp3) is 0.400. The lowest BCUT2D eigenvalue weighted by Crippen LogP contribution is -2.57. The van der Waals surface area contributed by atoms with E-state index in [1.807, 2.05) is 37.3 Å². The van der Waals surface area contributed by atoms with Gasteiger partial charge in [-0.3, -0.25) is 9.59 Å². The number of nitrogens with one attached hydrogen (secondary N) is 2. The molecule has 3 N–H and O–H groups in total. The topological polar surface area (TPSA) is 102 Å². The summed E-state index contributed by atoms with van der Waals surface area (Å²) in [6.07, 6.45) is -3.70. The minimum Gasteiger partial charge on any atom is -0.475 e. The van der Waals surface area contributed by atoms with Crippen molar-refractivity contribution >= 4 is 23.5 Å². The van der Waals surface area contributed by atoms with Crippen LogP contribution in [0.15, 0.2) is 48.5 Å². The van der Waals surface area contributed by atoms with Gasteiger partial charge in [-0.1, -0.05) is 18.2 Å². The first-order valence-electron chi connectivity index (χ1n) is 11.7. The van der Waals surface area contributed by atoms with Crippen molar-refractivity contribution in [1.29, 1.82) is 0 Å². The third-order valence-electron chi connectivity index (χ3n) is 6.42. The molecule has 2 heterocycles. The summed E-state index contributed by atoms with van der Waals surface area (Å²) in [6, 6.07) is 12.9. The number of carbonyl (C=O) groups is 3. The predicted octanol–water partition coefficient (Wildman–Crippen LogP) is 3.14. The lowest BCUT2D eigenvalue weighted by atomic mass is 9.85. The number of benzene rings is 2. The van der Waals surface area contributed by atoms with E-state index in [1.165, 1.54) is 6.07 Å². The summed E-state index contributed by atoms with van der Waals surface area (Å²) in [7, 11) is 0. The molecule has 0 radical (unpaired) electrons. The number of nitrogens with zero attached hydrogens (tertiary/aromatic N) is 2. The van der Waals surface area contributed by atoms with Gasteiger partial charge in [0, 0.05) is 36.9 Å². The van der Waals surface area contributed by atoms with Crippen molar-refractivity contribution in [2.75, 3.05) is 31.2 Å². The Morgan fingerprint density at radius 2 is 1.68 bits per heavy atom. The van der Waals surface area contributed by atoms with Crippen molar-refractivity contribution in [1.82, 2.24) is 15.5 Å². The number of aliphatic carboxylic acids is 1. The summed E-state index contributed by atoms with van der Waals surface area (Å²) in [6.45, 7) is 4.44. The Morgan fingerprint density at radius 1 is 1.08 bits per heavy atom. The van der Waals surface area contributed by atoms with Crippen LogP contribution in [-0.2, 0) is 9.59 Å². The summed E-state index contributed by atoms with van der Waals surface area (Å²) >= 11 is 0. The van der Waals surface area contributed by atoms with Gasteiger partial charge < -0.3 is 25.5 Å². The molecule has 2 aliphatic heterocycles. The number of piperidine rings is 1. The molecule has 13 heteroatoms. The van der Waals surface area contributed by atoms with Gasteiger partial charge in [-0.2, -0.15) is 13.2 Å². The smallest absolute Gasteiger partial charge is 0.475 e. The van der Waals surface area contributed by atoms with E-state index in [-0.39, 0.29) is 17.5 Å². The van der Waals surface area contributed by atoms with Gasteiger partial charge in [0.15, 0.2) is 11.6 Å². The highest BCUT2D eigenvalue weighted by Gasteiger charge is 2.50. The summed E-state index contributed by atoms with van der Waals surface area (Å²) in [5.41, 5.74) is 0.571. The minimum atomic E-state index is -5.08. The van der Waals surface area contributed by atoms with Crippen molar-refractivity contribution in [2.24, 2.45) is 0 Å². The molecular formula is C25H27F5N4O4. The molecule has 0 unspecified atom stereocenters. The number of hydrogen-bond donors (Lipinski definition) is 3. The Balaban J connectivity index is 0.000000505. The number of amides is 2. The molecule has 2 saturated heterocycles. The average Bonchev–Trinajstić information content (AvgIpc) is 3.17. The molecule has 0 aromatic heterocycles. The third kappa shape index (κ3) is 6.77. The Morgan fingerprint density at radius 3 is 2.24 bits per heavy atom. The van der Waals surface area contributed by atoms with E-state index in [9.17, 15) is 31.5 Å². The van der Waals surface area contributed by atoms with Crippen molar-refractivity contribution in [2.45, 2.75) is 37.5 Å². The van der Waals surface area contributed by atoms with Gasteiger partial charge in [0.1, 0.15) is 5.54 Å². The summed E-state index contributed by atoms with van der Waals surface area (Å²) in [4.78, 5) is 38.3. The van der Waals surface area contributed by atoms with Crippen LogP contribution in [0.5, 0.6) is 0 Å². The van der Waals surface area contributed by atoms with Crippen LogP contribution in [-0.4, -0.2) is 71.9 Å². The molecule has 0 aliphatic carbocycles. The molecule has 2 aromatic carbocycles. The zero-order valence-corrected chi connectivity index (χ0v) is 20.4. The van der Waals surface area contributed by atoms with Gasteiger partial charge in [-0.25, -0.2) is 13.6 Å². The fourth-order valence-electron chi connectivity index (χ4n) is 4.52. The molecule has 38 heavy (non-hydrogen) atoms. The number of rotatable bonds is 5. The van der Waals surface area contributed by atoms with Crippen LogP contribution in [0.2, 0.25) is 0 Å². The lowest BCUT2D eigenvalue weighted by molar-refractivity contribution is -0.192. The summed E-state index contributed by atoms with van der Waals surface area (Å²) < 4.78 is 58.2. The highest BCUT2D eigenvalue weighted by Crippen LogP contribution is 2.36. The molecule has 0 bridgehead atoms. The number of carboxylic acids is 1. The quantitative estimate of drug-likeness (QED) is 0.502. The van der Waals surface area contributed by atoms with E-state index in [4.69, 9.17) is 9.90 Å². The zero-order chi connectivity index (χ0) is 28.1. The second-order valence-electron chi connectivity index (χ2n) is 9.07. The highest BCUT2D eigenvalue weighted by molar-refractivity contribution is 5.94. The van der Waals surface area contributed by atoms with Gasteiger partial charge >= 0.3 is 12.1 Å². The molecule has 4 rings (SSSR count). The van der Waals surface area contributed by atoms with Gasteiger partial charge in [0.05, 0.1) is 6.67 Å². The monoisotopic (exact) mass is 542 g/mol. The normalized spacial score (nSPS) is 17.8. The Kier molecular flexibility index (Phi) is 8.92. The standard InChI is InChI=1S/C23H26F2N4O2.C2HF3O2/c1-16(27-21(30)17-7-8-19(24)20(25)13-17)14-28-11-9-23(10-12-28)22(31)26-15-29(23)18-5-3-2-4-6-18;3-2(4,5)1(6)7/h2-8,13,16H,9-12,14-15H2,1H3,(H,26,31)(H,27,30);(H,6,7)/t16-;/m0./s1. The van der Waals surface area contributed by atoms with E-state index in [0.29, 0.717) is 26.1 Å². The van der Waals surface area contributed by atoms with E-state index in [2.05, 4.69) is 20.4 Å². The van der Waals surface area contributed by atoms with Crippen LogP contribution < -0.4 is 15.5 Å². The van der Waals surface area contributed by atoms with Gasteiger partial charge in [-0.15, -0.1) is 0 Å². The number of carboxylic acid groups (broad SMARTS) is 1. The molecular weight excluding hydrogens is 515 g/mol. The van der Waals surface area contributed by atoms with Crippen LogP contribution in [0.4, 0.5) is 27.6 Å². The van der Waals surface area contributed by atoms with Crippen molar-refractivity contribution < 1.29 is 41.4 Å². The molecule has 2 aromatic rings. The van der Waals surface area contributed by atoms with E-state index < -0.39 is 35.2 Å². The van der Waals surface area contributed by atoms with Crippen LogP contribution in [0.25, 0.3) is 0 Å². The largest absolute Gasteiger partial charge is 0.490 e. The first-order valence-corrected chi connectivity index (χ1v) is 11.7. The summed E-state index contributed by atoms with van der Waals surface area (Å²) in [5, 5.41) is 13.0. The van der Waals surface area contributed by atoms with Crippen LogP contribution in [0, 0.1) is 11.6 Å². The first-order chi connectivity index (χ1) is 17.8. The first kappa shape index (κ1) is 28.8. The average molecular weight is 543 g/mol. The Bertz CT molecular complexity index is 1150. The highest BCUT2D eigenvalue weighted by atomic mass is 19.4. The number of carbonyl (C=O) groups excluding carboxylic acids is 2. The molecule has 206 valence electrons. The maximum atomic E-state index is 13.4. The second-order valence-corrected chi connectivity index (χ2v) is 9.07. The number of para-hydroxylation sites is 1. The Labute approximate surface area is 215 Å². The minimum absolute atomic E-state index is 0.0655. The molecule has 1 spiro atoms. The van der Waals surface area contributed by atoms with Gasteiger partial charge in [0.25, 0.3) is 5.91 Å². The summed E-state index contributed by atoms with van der Waals surface area (Å²) in [5.74, 6) is -5.15. The molecule has 2 fully saturated rings. The van der Waals surface area contributed by atoms with Gasteiger partial charge in [0.2, 0.25) is 5.91 Å². The number of halogens is 5. The second kappa shape index (κ2) is 11.8. The Hall–Kier alpha value is -3.74. The fourth-order valence-corrected chi connectivity index (χ4v) is 4.52. The molecule has 1 atom stereocenters. The van der Waals surface area contributed by atoms with E-state index in [0.717, 1.165) is 30.9 Å². The number of likely N-dealkylation sites (tertiary alicyclic amines) is 1. The molecule has 2 amide bonds. The van der Waals surface area contributed by atoms with Crippen LogP contribution in [0.1, 0.15) is 30.1 Å². The van der Waals surface area contributed by atoms with E-state index >= 15 is 0 Å². The van der Waals surface area contributed by atoms with Crippen molar-refractivity contribution in [3.63, 3.8) is 0 Å². The molecule has 8 nitrogen and oxygen atoms in total. The zero-order valence-electron chi connectivity index (χ0n) is 20.4. The number of anilines is 1. The van der Waals surface area contributed by atoms with Crippen molar-refractivity contribution in [3.8, 4) is 0 Å². The van der Waals surface area contributed by atoms with Crippen LogP contribution in [0.3, 0.4) is 0 Å². The van der Waals surface area contributed by atoms with Gasteiger partial charge in [-0.05, 0) is 50.1 Å².